The van der Waals surface area contributed by atoms with Crippen LogP contribution in [-0.2, 0) is 29.0 Å². The molecule has 218 valence electrons. The van der Waals surface area contributed by atoms with Crippen molar-refractivity contribution in [3.63, 3.8) is 0 Å². The van der Waals surface area contributed by atoms with Crippen LogP contribution in [0.5, 0.6) is 0 Å². The van der Waals surface area contributed by atoms with E-state index in [1.807, 2.05) is 18.2 Å². The molecular weight excluding hydrogens is 528 g/mol. The summed E-state index contributed by atoms with van der Waals surface area (Å²) in [5.41, 5.74) is 3.64. The minimum absolute atomic E-state index is 0.0192. The van der Waals surface area contributed by atoms with Crippen LogP contribution >= 0.6 is 0 Å². The second-order valence-electron chi connectivity index (χ2n) is 10.1. The summed E-state index contributed by atoms with van der Waals surface area (Å²) in [5.74, 6) is -2.22. The Kier molecular flexibility index (Phi) is 12.1. The van der Waals surface area contributed by atoms with E-state index in [0.717, 1.165) is 18.1 Å². The zero-order valence-electron chi connectivity index (χ0n) is 23.4. The van der Waals surface area contributed by atoms with Gasteiger partial charge in [0.15, 0.2) is 5.78 Å². The lowest BCUT2D eigenvalue weighted by Gasteiger charge is -2.25. The molecule has 0 aliphatic rings. The van der Waals surface area contributed by atoms with Crippen LogP contribution in [0.1, 0.15) is 60.2 Å². The minimum atomic E-state index is -1.04. The number of amides is 2. The van der Waals surface area contributed by atoms with Gasteiger partial charge in [0.1, 0.15) is 11.6 Å². The Balaban J connectivity index is 1.54. The lowest BCUT2D eigenvalue weighted by Crippen LogP contribution is -2.48. The maximum atomic E-state index is 13.8. The summed E-state index contributed by atoms with van der Waals surface area (Å²) >= 11 is 0. The number of anilines is 1. The molecule has 3 aromatic carbocycles. The lowest BCUT2D eigenvalue weighted by atomic mass is 10.00. The van der Waals surface area contributed by atoms with Crippen LogP contribution in [-0.4, -0.2) is 41.4 Å². The van der Waals surface area contributed by atoms with E-state index in [1.54, 1.807) is 24.3 Å². The number of benzene rings is 3. The maximum Gasteiger partial charge on any atom is 0.224 e. The van der Waals surface area contributed by atoms with Gasteiger partial charge in [-0.3, -0.25) is 14.4 Å². The SMILES string of the molecule is CCc1cccc(CNC[C@@H](O)[C@H](Cc2cc(F)cc(F)c2)NC(=O)CCCC(=O)Nc2ccc(C(C)=O)cc2)c1. The van der Waals surface area contributed by atoms with Crippen LogP contribution in [0.3, 0.4) is 0 Å². The molecule has 0 aromatic heterocycles. The highest BCUT2D eigenvalue weighted by atomic mass is 19.1. The second-order valence-corrected chi connectivity index (χ2v) is 10.1. The van der Waals surface area contributed by atoms with Crippen molar-refractivity contribution in [3.05, 3.63) is 101 Å². The lowest BCUT2D eigenvalue weighted by molar-refractivity contribution is -0.122. The predicted molar refractivity (Wildman–Crippen MR) is 154 cm³/mol. The Labute approximate surface area is 239 Å². The zero-order chi connectivity index (χ0) is 29.8. The summed E-state index contributed by atoms with van der Waals surface area (Å²) in [6.45, 7) is 4.18. The third-order valence-electron chi connectivity index (χ3n) is 6.65. The minimum Gasteiger partial charge on any atom is -0.390 e. The molecule has 0 spiro atoms. The number of rotatable bonds is 15. The molecule has 3 rings (SSSR count). The van der Waals surface area contributed by atoms with E-state index in [1.165, 1.54) is 24.6 Å². The fourth-order valence-electron chi connectivity index (χ4n) is 4.43. The predicted octanol–water partition coefficient (Wildman–Crippen LogP) is 4.72. The molecule has 4 N–H and O–H groups in total. The van der Waals surface area contributed by atoms with E-state index in [2.05, 4.69) is 28.9 Å². The van der Waals surface area contributed by atoms with E-state index >= 15 is 0 Å². The molecule has 2 amide bonds. The van der Waals surface area contributed by atoms with Gasteiger partial charge in [0, 0.05) is 43.2 Å². The van der Waals surface area contributed by atoms with Crippen LogP contribution in [0.15, 0.2) is 66.7 Å². The van der Waals surface area contributed by atoms with Gasteiger partial charge in [-0.15, -0.1) is 0 Å². The number of Topliss-reactive ketones (excluding diaryl/α,β-unsaturated/α-hetero) is 1. The van der Waals surface area contributed by atoms with Crippen molar-refractivity contribution in [1.29, 1.82) is 0 Å². The van der Waals surface area contributed by atoms with Crippen molar-refractivity contribution in [1.82, 2.24) is 10.6 Å². The van der Waals surface area contributed by atoms with E-state index in [9.17, 15) is 28.3 Å². The van der Waals surface area contributed by atoms with Gasteiger partial charge in [0.2, 0.25) is 11.8 Å². The van der Waals surface area contributed by atoms with Crippen molar-refractivity contribution < 1.29 is 28.3 Å². The summed E-state index contributed by atoms with van der Waals surface area (Å²) in [6.07, 6.45) is 0.251. The molecule has 41 heavy (non-hydrogen) atoms. The summed E-state index contributed by atoms with van der Waals surface area (Å²) in [6, 6.07) is 16.9. The molecule has 9 heteroatoms. The highest BCUT2D eigenvalue weighted by Crippen LogP contribution is 2.14. The first kappa shape index (κ1) is 31.6. The number of aliphatic hydroxyl groups excluding tert-OH is 1. The van der Waals surface area contributed by atoms with Gasteiger partial charge >= 0.3 is 0 Å². The molecule has 0 aliphatic carbocycles. The molecule has 0 bridgehead atoms. The number of carbonyl (C=O) groups is 3. The summed E-state index contributed by atoms with van der Waals surface area (Å²) in [7, 11) is 0. The fraction of sp³-hybridized carbons (Fsp3) is 0.344. The summed E-state index contributed by atoms with van der Waals surface area (Å²) in [4.78, 5) is 36.4. The average Bonchev–Trinajstić information content (AvgIpc) is 2.92. The van der Waals surface area contributed by atoms with E-state index in [0.29, 0.717) is 23.4 Å². The Morgan fingerprint density at radius 1 is 0.854 bits per heavy atom. The summed E-state index contributed by atoms with van der Waals surface area (Å²) < 4.78 is 27.6. The number of hydrogen-bond acceptors (Lipinski definition) is 5. The van der Waals surface area contributed by atoms with Gasteiger partial charge in [-0.25, -0.2) is 8.78 Å². The van der Waals surface area contributed by atoms with Gasteiger partial charge < -0.3 is 21.1 Å². The van der Waals surface area contributed by atoms with E-state index < -0.39 is 23.8 Å². The van der Waals surface area contributed by atoms with Gasteiger partial charge in [-0.1, -0.05) is 31.2 Å². The van der Waals surface area contributed by atoms with E-state index in [4.69, 9.17) is 0 Å². The number of aliphatic hydroxyl groups is 1. The maximum absolute atomic E-state index is 13.8. The monoisotopic (exact) mass is 565 g/mol. The Morgan fingerprint density at radius 3 is 2.17 bits per heavy atom. The second kappa shape index (κ2) is 15.7. The highest BCUT2D eigenvalue weighted by molar-refractivity contribution is 5.95. The van der Waals surface area contributed by atoms with Crippen LogP contribution in [0, 0.1) is 11.6 Å². The summed E-state index contributed by atoms with van der Waals surface area (Å²) in [5, 5.41) is 19.6. The number of nitrogens with one attached hydrogen (secondary N) is 3. The largest absolute Gasteiger partial charge is 0.390 e. The van der Waals surface area contributed by atoms with Crippen molar-refractivity contribution in [2.45, 2.75) is 64.6 Å². The van der Waals surface area contributed by atoms with Crippen LogP contribution in [0.2, 0.25) is 0 Å². The molecular formula is C32H37F2N3O4. The Bertz CT molecular complexity index is 1310. The highest BCUT2D eigenvalue weighted by Gasteiger charge is 2.22. The number of carbonyl (C=O) groups excluding carboxylic acids is 3. The number of ketones is 1. The van der Waals surface area contributed by atoms with E-state index in [-0.39, 0.29) is 49.8 Å². The Hall–Kier alpha value is -3.95. The first-order valence-electron chi connectivity index (χ1n) is 13.7. The quantitative estimate of drug-likeness (QED) is 0.200. The number of halogens is 2. The van der Waals surface area contributed by atoms with Crippen LogP contribution in [0.25, 0.3) is 0 Å². The molecule has 0 fully saturated rings. The molecule has 7 nitrogen and oxygen atoms in total. The van der Waals surface area contributed by atoms with Crippen molar-refractivity contribution in [2.75, 3.05) is 11.9 Å². The molecule has 0 saturated heterocycles. The van der Waals surface area contributed by atoms with Crippen molar-refractivity contribution in [2.24, 2.45) is 0 Å². The molecule has 3 aromatic rings. The van der Waals surface area contributed by atoms with Crippen LogP contribution < -0.4 is 16.0 Å². The average molecular weight is 566 g/mol. The van der Waals surface area contributed by atoms with Crippen molar-refractivity contribution in [3.8, 4) is 0 Å². The molecule has 0 aliphatic heterocycles. The number of hydrogen-bond donors (Lipinski definition) is 4. The van der Waals surface area contributed by atoms with Gasteiger partial charge in [0.25, 0.3) is 0 Å². The van der Waals surface area contributed by atoms with Crippen LogP contribution in [0.4, 0.5) is 14.5 Å². The normalized spacial score (nSPS) is 12.4. The zero-order valence-corrected chi connectivity index (χ0v) is 23.4. The van der Waals surface area contributed by atoms with Gasteiger partial charge in [-0.2, -0.15) is 0 Å². The molecule has 2 atom stereocenters. The molecule has 0 unspecified atom stereocenters. The first-order valence-corrected chi connectivity index (χ1v) is 13.7. The number of aryl methyl sites for hydroxylation is 1. The standard InChI is InChI=1S/C32H37F2N3O4/c1-3-22-6-4-7-23(14-22)19-35-20-30(39)29(17-24-15-26(33)18-27(34)16-24)37-32(41)9-5-8-31(40)36-28-12-10-25(11-13-28)21(2)38/h4,6-7,10-16,18,29-30,35,39H,3,5,8-9,17,19-20H2,1-2H3,(H,36,40)(H,37,41)/t29-,30+/m0/s1. The topological polar surface area (TPSA) is 108 Å². The fourth-order valence-corrected chi connectivity index (χ4v) is 4.43. The van der Waals surface area contributed by atoms with Gasteiger partial charge in [-0.05, 0) is 79.3 Å². The van der Waals surface area contributed by atoms with Gasteiger partial charge in [0.05, 0.1) is 12.1 Å². The molecule has 0 radical (unpaired) electrons. The van der Waals surface area contributed by atoms with Crippen molar-refractivity contribution >= 4 is 23.3 Å². The molecule has 0 heterocycles. The molecule has 0 saturated carbocycles. The third-order valence-corrected chi connectivity index (χ3v) is 6.65. The smallest absolute Gasteiger partial charge is 0.224 e. The first-order chi connectivity index (χ1) is 19.6. The Morgan fingerprint density at radius 2 is 1.51 bits per heavy atom. The third kappa shape index (κ3) is 10.9.